The van der Waals surface area contributed by atoms with Gasteiger partial charge in [-0.15, -0.1) is 0 Å². The quantitative estimate of drug-likeness (QED) is 0.238. The Balaban J connectivity index is 1.39. The minimum atomic E-state index is 0.461. The van der Waals surface area contributed by atoms with Crippen molar-refractivity contribution in [3.63, 3.8) is 0 Å². The van der Waals surface area contributed by atoms with Crippen LogP contribution in [0.1, 0.15) is 19.8 Å². The van der Waals surface area contributed by atoms with E-state index in [1.54, 1.807) is 18.2 Å². The fourth-order valence-electron chi connectivity index (χ4n) is 4.56. The van der Waals surface area contributed by atoms with Gasteiger partial charge in [0.1, 0.15) is 29.7 Å². The molecule has 3 aromatic carbocycles. The van der Waals surface area contributed by atoms with Gasteiger partial charge in [0.05, 0.1) is 21.1 Å². The number of piperazine rings is 1. The zero-order valence-corrected chi connectivity index (χ0v) is 22.6. The summed E-state index contributed by atoms with van der Waals surface area (Å²) in [5, 5.41) is 4.35. The van der Waals surface area contributed by atoms with Gasteiger partial charge in [0.15, 0.2) is 0 Å². The third-order valence-corrected chi connectivity index (χ3v) is 7.30. The van der Waals surface area contributed by atoms with Crippen LogP contribution in [0.3, 0.4) is 0 Å². The first-order chi connectivity index (χ1) is 18.1. The van der Waals surface area contributed by atoms with Gasteiger partial charge in [0.2, 0.25) is 0 Å². The van der Waals surface area contributed by atoms with Gasteiger partial charge in [0.25, 0.3) is 0 Å². The molecule has 6 nitrogen and oxygen atoms in total. The van der Waals surface area contributed by atoms with Crippen molar-refractivity contribution >= 4 is 34.2 Å². The second kappa shape index (κ2) is 12.2. The Kier molecular flexibility index (Phi) is 8.52. The maximum Gasteiger partial charge on any atom is 0.141 e. The standard InChI is InChI=1S/C29H32Cl2N4O2/c1-2-3-13-35-28-20-22(36-17-16-34-14-11-32-12-15-34)8-10-27(28)33-29(35)21-5-4-6-23(18-21)37-24-7-9-25(30)26(31)19-24/h4-10,18-20,32H,2-3,11-17H2,1H3. The molecule has 0 unspecified atom stereocenters. The second-order valence-corrected chi connectivity index (χ2v) is 10.1. The van der Waals surface area contributed by atoms with Crippen molar-refractivity contribution in [1.29, 1.82) is 0 Å². The van der Waals surface area contributed by atoms with Gasteiger partial charge in [-0.1, -0.05) is 48.7 Å². The highest BCUT2D eigenvalue weighted by atomic mass is 35.5. The van der Waals surface area contributed by atoms with Gasteiger partial charge in [0, 0.05) is 57.0 Å². The monoisotopic (exact) mass is 538 g/mol. The lowest BCUT2D eigenvalue weighted by Crippen LogP contribution is -2.44. The van der Waals surface area contributed by atoms with E-state index in [9.17, 15) is 0 Å². The van der Waals surface area contributed by atoms with Gasteiger partial charge >= 0.3 is 0 Å². The molecule has 0 radical (unpaired) electrons. The minimum absolute atomic E-state index is 0.461. The molecular weight excluding hydrogens is 507 g/mol. The number of nitrogens with zero attached hydrogens (tertiary/aromatic N) is 3. The van der Waals surface area contributed by atoms with Crippen molar-refractivity contribution in [1.82, 2.24) is 19.8 Å². The molecule has 0 aliphatic carbocycles. The normalized spacial score (nSPS) is 14.2. The lowest BCUT2D eigenvalue weighted by Gasteiger charge is -2.26. The van der Waals surface area contributed by atoms with E-state index in [-0.39, 0.29) is 0 Å². The number of imidazole rings is 1. The average molecular weight is 540 g/mol. The highest BCUT2D eigenvalue weighted by Crippen LogP contribution is 2.33. The molecule has 0 amide bonds. The van der Waals surface area contributed by atoms with E-state index in [4.69, 9.17) is 37.7 Å². The summed E-state index contributed by atoms with van der Waals surface area (Å²) >= 11 is 12.2. The van der Waals surface area contributed by atoms with Crippen LogP contribution >= 0.6 is 23.2 Å². The summed E-state index contributed by atoms with van der Waals surface area (Å²) < 4.78 is 14.5. The first kappa shape index (κ1) is 25.9. The molecule has 0 saturated carbocycles. The molecule has 1 fully saturated rings. The molecule has 0 spiro atoms. The summed E-state index contributed by atoms with van der Waals surface area (Å²) in [6, 6.07) is 19.4. The van der Waals surface area contributed by atoms with Gasteiger partial charge in [-0.2, -0.15) is 0 Å². The summed E-state index contributed by atoms with van der Waals surface area (Å²) in [5.41, 5.74) is 3.03. The predicted octanol–water partition coefficient (Wildman–Crippen LogP) is 6.89. The van der Waals surface area contributed by atoms with Crippen molar-refractivity contribution in [2.75, 3.05) is 39.3 Å². The molecule has 194 valence electrons. The number of benzene rings is 3. The van der Waals surface area contributed by atoms with Crippen LogP contribution in [0.5, 0.6) is 17.2 Å². The Labute approximate surface area is 228 Å². The molecule has 1 aliphatic rings. The second-order valence-electron chi connectivity index (χ2n) is 9.24. The smallest absolute Gasteiger partial charge is 0.141 e. The van der Waals surface area contributed by atoms with Crippen molar-refractivity contribution in [2.24, 2.45) is 0 Å². The first-order valence-corrected chi connectivity index (χ1v) is 13.7. The third kappa shape index (κ3) is 6.39. The van der Waals surface area contributed by atoms with Gasteiger partial charge < -0.3 is 19.4 Å². The van der Waals surface area contributed by atoms with E-state index in [0.29, 0.717) is 28.2 Å². The lowest BCUT2D eigenvalue weighted by atomic mass is 10.2. The number of fused-ring (bicyclic) bond motifs is 1. The van der Waals surface area contributed by atoms with E-state index in [0.717, 1.165) is 80.3 Å². The summed E-state index contributed by atoms with van der Waals surface area (Å²) in [5.74, 6) is 3.14. The molecule has 0 atom stereocenters. The lowest BCUT2D eigenvalue weighted by molar-refractivity contribution is 0.191. The summed E-state index contributed by atoms with van der Waals surface area (Å²) in [6.45, 7) is 8.93. The highest BCUT2D eigenvalue weighted by Gasteiger charge is 2.15. The van der Waals surface area contributed by atoms with Crippen LogP contribution in [0.15, 0.2) is 60.7 Å². The number of aryl methyl sites for hydroxylation is 1. The van der Waals surface area contributed by atoms with Crippen LogP contribution in [-0.2, 0) is 6.54 Å². The SMILES string of the molecule is CCCCn1c(-c2cccc(Oc3ccc(Cl)c(Cl)c3)c2)nc2ccc(OCCN3CCNCC3)cc21. The summed E-state index contributed by atoms with van der Waals surface area (Å²) in [7, 11) is 0. The average Bonchev–Trinajstić information content (AvgIpc) is 3.28. The first-order valence-electron chi connectivity index (χ1n) is 12.9. The predicted molar refractivity (Wildman–Crippen MR) is 151 cm³/mol. The molecule has 1 N–H and O–H groups in total. The molecule has 5 rings (SSSR count). The molecular formula is C29H32Cl2N4O2. The maximum absolute atomic E-state index is 6.17. The fraction of sp³-hybridized carbons (Fsp3) is 0.345. The van der Waals surface area contributed by atoms with Crippen molar-refractivity contribution < 1.29 is 9.47 Å². The number of rotatable bonds is 10. The van der Waals surface area contributed by atoms with E-state index in [1.165, 1.54) is 0 Å². The molecule has 37 heavy (non-hydrogen) atoms. The number of ether oxygens (including phenoxy) is 2. The van der Waals surface area contributed by atoms with Gasteiger partial charge in [-0.05, 0) is 42.8 Å². The maximum atomic E-state index is 6.17. The molecule has 1 aliphatic heterocycles. The van der Waals surface area contributed by atoms with Crippen LogP contribution in [0.2, 0.25) is 10.0 Å². The Morgan fingerprint density at radius 1 is 0.892 bits per heavy atom. The molecule has 4 aromatic rings. The summed E-state index contributed by atoms with van der Waals surface area (Å²) in [6.07, 6.45) is 2.16. The Hall–Kier alpha value is -2.77. The zero-order valence-electron chi connectivity index (χ0n) is 21.1. The Morgan fingerprint density at radius 3 is 2.51 bits per heavy atom. The number of aromatic nitrogens is 2. The van der Waals surface area contributed by atoms with E-state index in [1.807, 2.05) is 24.3 Å². The van der Waals surface area contributed by atoms with Crippen LogP contribution in [-0.4, -0.2) is 53.8 Å². The largest absolute Gasteiger partial charge is 0.492 e. The van der Waals surface area contributed by atoms with Crippen molar-refractivity contribution in [2.45, 2.75) is 26.3 Å². The minimum Gasteiger partial charge on any atom is -0.492 e. The summed E-state index contributed by atoms with van der Waals surface area (Å²) in [4.78, 5) is 7.44. The van der Waals surface area contributed by atoms with Crippen LogP contribution in [0.25, 0.3) is 22.4 Å². The molecule has 0 bridgehead atoms. The molecule has 8 heteroatoms. The van der Waals surface area contributed by atoms with Crippen LogP contribution in [0.4, 0.5) is 0 Å². The Bertz CT molecular complexity index is 1350. The molecule has 1 aromatic heterocycles. The third-order valence-electron chi connectivity index (χ3n) is 6.56. The van der Waals surface area contributed by atoms with Crippen LogP contribution in [0, 0.1) is 0 Å². The zero-order chi connectivity index (χ0) is 25.6. The van der Waals surface area contributed by atoms with E-state index >= 15 is 0 Å². The highest BCUT2D eigenvalue weighted by molar-refractivity contribution is 6.42. The molecule has 2 heterocycles. The fourth-order valence-corrected chi connectivity index (χ4v) is 4.85. The molecule has 1 saturated heterocycles. The van der Waals surface area contributed by atoms with Crippen molar-refractivity contribution in [3.8, 4) is 28.6 Å². The van der Waals surface area contributed by atoms with Gasteiger partial charge in [-0.25, -0.2) is 4.98 Å². The topological polar surface area (TPSA) is 51.6 Å². The number of unbranched alkanes of at least 4 members (excludes halogenated alkanes) is 1. The Morgan fingerprint density at radius 2 is 1.70 bits per heavy atom. The van der Waals surface area contributed by atoms with Crippen LogP contribution < -0.4 is 14.8 Å². The van der Waals surface area contributed by atoms with E-state index < -0.39 is 0 Å². The number of hydrogen-bond acceptors (Lipinski definition) is 5. The van der Waals surface area contributed by atoms with Crippen molar-refractivity contribution in [3.05, 3.63) is 70.7 Å². The van der Waals surface area contributed by atoms with Gasteiger partial charge in [-0.3, -0.25) is 4.90 Å². The number of hydrogen-bond donors (Lipinski definition) is 1. The van der Waals surface area contributed by atoms with E-state index in [2.05, 4.69) is 39.9 Å². The number of nitrogens with one attached hydrogen (secondary N) is 1. The number of halogens is 2.